The standard InChI is InChI=1S/C4H6N6O/c1-11-9-2-6-10-3(5)7-8-4(9)10/h2H,1H3,(H2,5,7). The van der Waals surface area contributed by atoms with E-state index in [1.807, 2.05) is 0 Å². The van der Waals surface area contributed by atoms with E-state index in [0.29, 0.717) is 5.78 Å². The number of nitrogens with two attached hydrogens (primary N) is 1. The largest absolute Gasteiger partial charge is 0.413 e. The predicted molar refractivity (Wildman–Crippen MR) is 35.7 cm³/mol. The Bertz CT molecular complexity index is 375. The number of hydrogen-bond donors (Lipinski definition) is 1. The van der Waals surface area contributed by atoms with Gasteiger partial charge in [-0.05, 0) is 0 Å². The first kappa shape index (κ1) is 5.96. The molecule has 0 aliphatic rings. The van der Waals surface area contributed by atoms with Gasteiger partial charge in [0.1, 0.15) is 7.11 Å². The lowest BCUT2D eigenvalue weighted by Crippen LogP contribution is -2.04. The van der Waals surface area contributed by atoms with Gasteiger partial charge in [-0.3, -0.25) is 0 Å². The molecule has 0 unspecified atom stereocenters. The third-order valence-electron chi connectivity index (χ3n) is 1.31. The van der Waals surface area contributed by atoms with Crippen molar-refractivity contribution in [3.05, 3.63) is 6.33 Å². The summed E-state index contributed by atoms with van der Waals surface area (Å²) in [4.78, 5) is 4.86. The lowest BCUT2D eigenvalue weighted by molar-refractivity contribution is 0.175. The number of hydrogen-bond acceptors (Lipinski definition) is 5. The van der Waals surface area contributed by atoms with Gasteiger partial charge in [0.2, 0.25) is 5.95 Å². The maximum Gasteiger partial charge on any atom is 0.288 e. The van der Waals surface area contributed by atoms with Crippen molar-refractivity contribution in [3.63, 3.8) is 0 Å². The maximum absolute atomic E-state index is 5.40. The van der Waals surface area contributed by atoms with Gasteiger partial charge >= 0.3 is 0 Å². The molecular weight excluding hydrogens is 148 g/mol. The molecule has 0 atom stereocenters. The van der Waals surface area contributed by atoms with Gasteiger partial charge in [0.15, 0.2) is 6.33 Å². The third-order valence-corrected chi connectivity index (χ3v) is 1.31. The van der Waals surface area contributed by atoms with Crippen LogP contribution in [0.5, 0.6) is 0 Å². The zero-order chi connectivity index (χ0) is 7.84. The highest BCUT2D eigenvalue weighted by Crippen LogP contribution is 2.00. The van der Waals surface area contributed by atoms with E-state index in [1.54, 1.807) is 0 Å². The average molecular weight is 154 g/mol. The van der Waals surface area contributed by atoms with Crippen LogP contribution in [0.3, 0.4) is 0 Å². The molecule has 2 aromatic rings. The minimum atomic E-state index is 0.246. The van der Waals surface area contributed by atoms with Crippen molar-refractivity contribution in [1.82, 2.24) is 24.5 Å². The lowest BCUT2D eigenvalue weighted by atomic mass is 11.0. The number of nitrogen functional groups attached to an aromatic ring is 1. The summed E-state index contributed by atoms with van der Waals surface area (Å²) in [7, 11) is 1.51. The highest BCUT2D eigenvalue weighted by molar-refractivity contribution is 5.33. The number of aromatic nitrogens is 5. The molecule has 0 bridgehead atoms. The summed E-state index contributed by atoms with van der Waals surface area (Å²) in [6.45, 7) is 0. The molecule has 2 N–H and O–H groups in total. The molecule has 11 heavy (non-hydrogen) atoms. The Labute approximate surface area is 61.3 Å². The van der Waals surface area contributed by atoms with Gasteiger partial charge in [0.25, 0.3) is 5.78 Å². The molecule has 2 heterocycles. The van der Waals surface area contributed by atoms with Crippen LogP contribution in [0, 0.1) is 0 Å². The van der Waals surface area contributed by atoms with Crippen molar-refractivity contribution in [2.45, 2.75) is 0 Å². The van der Waals surface area contributed by atoms with E-state index in [-0.39, 0.29) is 5.95 Å². The molecule has 0 saturated carbocycles. The minimum absolute atomic E-state index is 0.246. The molecule has 0 saturated heterocycles. The van der Waals surface area contributed by atoms with E-state index in [9.17, 15) is 0 Å². The van der Waals surface area contributed by atoms with Crippen LogP contribution < -0.4 is 10.6 Å². The van der Waals surface area contributed by atoms with Gasteiger partial charge in [-0.15, -0.1) is 20.0 Å². The van der Waals surface area contributed by atoms with Crippen LogP contribution >= 0.6 is 0 Å². The van der Waals surface area contributed by atoms with Gasteiger partial charge in [-0.25, -0.2) is 0 Å². The van der Waals surface area contributed by atoms with Crippen LogP contribution in [0.15, 0.2) is 6.33 Å². The molecule has 58 valence electrons. The Morgan fingerprint density at radius 3 is 3.09 bits per heavy atom. The topological polar surface area (TPSA) is 83.3 Å². The zero-order valence-corrected chi connectivity index (χ0v) is 5.80. The first-order valence-corrected chi connectivity index (χ1v) is 2.91. The molecule has 0 radical (unpaired) electrons. The van der Waals surface area contributed by atoms with Crippen LogP contribution in [-0.2, 0) is 0 Å². The Morgan fingerprint density at radius 2 is 2.36 bits per heavy atom. The third kappa shape index (κ3) is 0.642. The number of anilines is 1. The number of nitrogens with zero attached hydrogens (tertiary/aromatic N) is 5. The first-order chi connectivity index (χ1) is 5.33. The summed E-state index contributed by atoms with van der Waals surface area (Å²) in [5.74, 6) is 0.709. The summed E-state index contributed by atoms with van der Waals surface area (Å²) in [6, 6.07) is 0. The monoisotopic (exact) mass is 154 g/mol. The molecule has 7 heteroatoms. The summed E-state index contributed by atoms with van der Waals surface area (Å²) >= 11 is 0. The Balaban J connectivity index is 2.77. The van der Waals surface area contributed by atoms with E-state index in [1.165, 1.54) is 22.7 Å². The van der Waals surface area contributed by atoms with E-state index in [4.69, 9.17) is 10.6 Å². The molecule has 2 aromatic heterocycles. The van der Waals surface area contributed by atoms with Crippen molar-refractivity contribution < 1.29 is 4.84 Å². The molecule has 0 aliphatic heterocycles. The molecular formula is C4H6N6O. The van der Waals surface area contributed by atoms with Gasteiger partial charge in [-0.1, -0.05) is 0 Å². The van der Waals surface area contributed by atoms with Crippen molar-refractivity contribution >= 4 is 11.7 Å². The van der Waals surface area contributed by atoms with E-state index in [2.05, 4.69) is 15.3 Å². The second-order valence-electron chi connectivity index (χ2n) is 1.91. The molecule has 0 amide bonds. The molecule has 0 fully saturated rings. The second-order valence-corrected chi connectivity index (χ2v) is 1.91. The van der Waals surface area contributed by atoms with Crippen LogP contribution in [0.2, 0.25) is 0 Å². The minimum Gasteiger partial charge on any atom is -0.413 e. The Hall–Kier alpha value is -1.79. The fraction of sp³-hybridized carbons (Fsp3) is 0.250. The van der Waals surface area contributed by atoms with Gasteiger partial charge < -0.3 is 10.6 Å². The van der Waals surface area contributed by atoms with Crippen LogP contribution in [0.25, 0.3) is 5.78 Å². The first-order valence-electron chi connectivity index (χ1n) is 2.91. The average Bonchev–Trinajstić information content (AvgIpc) is 2.53. The summed E-state index contributed by atoms with van der Waals surface area (Å²) < 4.78 is 2.74. The van der Waals surface area contributed by atoms with Gasteiger partial charge in [0.05, 0.1) is 0 Å². The Morgan fingerprint density at radius 1 is 1.55 bits per heavy atom. The predicted octanol–water partition coefficient (Wildman–Crippen LogP) is -1.43. The maximum atomic E-state index is 5.40. The zero-order valence-electron chi connectivity index (χ0n) is 5.80. The second kappa shape index (κ2) is 1.84. The highest BCUT2D eigenvalue weighted by Gasteiger charge is 2.07. The van der Waals surface area contributed by atoms with Crippen LogP contribution in [0.1, 0.15) is 0 Å². The summed E-state index contributed by atoms with van der Waals surface area (Å²) in [6.07, 6.45) is 1.46. The summed E-state index contributed by atoms with van der Waals surface area (Å²) in [5, 5.41) is 11.2. The summed E-state index contributed by atoms with van der Waals surface area (Å²) in [5.41, 5.74) is 5.40. The van der Waals surface area contributed by atoms with Crippen LogP contribution in [-0.4, -0.2) is 31.7 Å². The van der Waals surface area contributed by atoms with Gasteiger partial charge in [-0.2, -0.15) is 4.52 Å². The Kier molecular flexibility index (Phi) is 0.999. The molecule has 0 aromatic carbocycles. The molecule has 0 spiro atoms. The lowest BCUT2D eigenvalue weighted by Gasteiger charge is -1.93. The molecule has 2 rings (SSSR count). The van der Waals surface area contributed by atoms with Gasteiger partial charge in [0, 0.05) is 0 Å². The number of fused-ring (bicyclic) bond motifs is 1. The normalized spacial score (nSPS) is 10.6. The van der Waals surface area contributed by atoms with E-state index in [0.717, 1.165) is 0 Å². The van der Waals surface area contributed by atoms with Crippen molar-refractivity contribution in [2.75, 3.05) is 12.8 Å². The van der Waals surface area contributed by atoms with E-state index < -0.39 is 0 Å². The fourth-order valence-corrected chi connectivity index (χ4v) is 0.810. The van der Waals surface area contributed by atoms with E-state index >= 15 is 0 Å². The quantitative estimate of drug-likeness (QED) is 0.544. The SMILES string of the molecule is COn1cnn2c(N)nnc12. The van der Waals surface area contributed by atoms with Crippen molar-refractivity contribution in [1.29, 1.82) is 0 Å². The van der Waals surface area contributed by atoms with Crippen molar-refractivity contribution in [3.8, 4) is 0 Å². The highest BCUT2D eigenvalue weighted by atomic mass is 16.6. The molecule has 7 nitrogen and oxygen atoms in total. The number of rotatable bonds is 1. The fourth-order valence-electron chi connectivity index (χ4n) is 0.810. The van der Waals surface area contributed by atoms with Crippen molar-refractivity contribution in [2.24, 2.45) is 0 Å². The smallest absolute Gasteiger partial charge is 0.288 e. The molecule has 0 aliphatic carbocycles. The van der Waals surface area contributed by atoms with Crippen LogP contribution in [0.4, 0.5) is 5.95 Å².